The molecular weight excluding hydrogens is 400 g/mol. The zero-order chi connectivity index (χ0) is 22.3. The summed E-state index contributed by atoms with van der Waals surface area (Å²) in [5.41, 5.74) is 1.65. The van der Waals surface area contributed by atoms with E-state index in [2.05, 4.69) is 12.2 Å². The second-order valence-electron chi connectivity index (χ2n) is 8.35. The van der Waals surface area contributed by atoms with Gasteiger partial charge in [-0.1, -0.05) is 42.8 Å². The molecule has 2 aromatic rings. The van der Waals surface area contributed by atoms with Gasteiger partial charge in [0.05, 0.1) is 0 Å². The molecule has 0 saturated heterocycles. The second kappa shape index (κ2) is 10.5. The molecule has 2 amide bonds. The molecule has 0 aliphatic heterocycles. The highest BCUT2D eigenvalue weighted by Crippen LogP contribution is 2.17. The summed E-state index contributed by atoms with van der Waals surface area (Å²) in [5.74, 6) is 0.131. The summed E-state index contributed by atoms with van der Waals surface area (Å²) in [6.45, 7) is 9.63. The maximum absolute atomic E-state index is 13.0. The van der Waals surface area contributed by atoms with Gasteiger partial charge in [0.25, 0.3) is 5.91 Å². The molecule has 0 heterocycles. The SMILES string of the molecule is CCc1ccc(OCC(=O)N(Cc2cccc(Cl)c2)[C@H](C)C(=O)NC(C)(C)C)cc1. The third kappa shape index (κ3) is 7.38. The molecule has 2 rings (SSSR count). The Hall–Kier alpha value is -2.53. The topological polar surface area (TPSA) is 58.6 Å². The van der Waals surface area contributed by atoms with E-state index in [0.717, 1.165) is 12.0 Å². The van der Waals surface area contributed by atoms with Gasteiger partial charge in [0.15, 0.2) is 6.61 Å². The maximum Gasteiger partial charge on any atom is 0.261 e. The summed E-state index contributed by atoms with van der Waals surface area (Å²) in [4.78, 5) is 27.3. The molecule has 162 valence electrons. The van der Waals surface area contributed by atoms with Crippen LogP contribution in [0.25, 0.3) is 0 Å². The Bertz CT molecular complexity index is 859. The van der Waals surface area contributed by atoms with Crippen molar-refractivity contribution in [2.75, 3.05) is 6.61 Å². The van der Waals surface area contributed by atoms with Crippen molar-refractivity contribution in [1.29, 1.82) is 0 Å². The average Bonchev–Trinajstić information content (AvgIpc) is 2.69. The predicted molar refractivity (Wildman–Crippen MR) is 121 cm³/mol. The Balaban J connectivity index is 2.15. The number of nitrogens with one attached hydrogen (secondary N) is 1. The van der Waals surface area contributed by atoms with Gasteiger partial charge in [-0.2, -0.15) is 0 Å². The van der Waals surface area contributed by atoms with Crippen LogP contribution in [-0.4, -0.2) is 34.9 Å². The monoisotopic (exact) mass is 430 g/mol. The van der Waals surface area contributed by atoms with Crippen molar-refractivity contribution in [3.8, 4) is 5.75 Å². The lowest BCUT2D eigenvalue weighted by Crippen LogP contribution is -2.53. The molecule has 5 nitrogen and oxygen atoms in total. The van der Waals surface area contributed by atoms with Crippen LogP contribution >= 0.6 is 11.6 Å². The third-order valence-electron chi connectivity index (χ3n) is 4.60. The van der Waals surface area contributed by atoms with Gasteiger partial charge < -0.3 is 15.0 Å². The fourth-order valence-corrected chi connectivity index (χ4v) is 3.15. The maximum atomic E-state index is 13.0. The number of halogens is 1. The molecule has 1 N–H and O–H groups in total. The van der Waals surface area contributed by atoms with Crippen LogP contribution in [0.2, 0.25) is 5.02 Å². The zero-order valence-electron chi connectivity index (χ0n) is 18.4. The molecular formula is C24H31ClN2O3. The smallest absolute Gasteiger partial charge is 0.261 e. The van der Waals surface area contributed by atoms with E-state index in [1.165, 1.54) is 10.5 Å². The van der Waals surface area contributed by atoms with Crippen molar-refractivity contribution < 1.29 is 14.3 Å². The normalized spacial score (nSPS) is 12.2. The van der Waals surface area contributed by atoms with Gasteiger partial charge in [-0.05, 0) is 69.5 Å². The Morgan fingerprint density at radius 2 is 1.77 bits per heavy atom. The number of hydrogen-bond acceptors (Lipinski definition) is 3. The van der Waals surface area contributed by atoms with Crippen LogP contribution in [0.5, 0.6) is 5.75 Å². The average molecular weight is 431 g/mol. The van der Waals surface area contributed by atoms with Crippen LogP contribution in [0.15, 0.2) is 48.5 Å². The lowest BCUT2D eigenvalue weighted by atomic mass is 10.1. The van der Waals surface area contributed by atoms with Crippen LogP contribution in [0, 0.1) is 0 Å². The first-order chi connectivity index (χ1) is 14.1. The van der Waals surface area contributed by atoms with Gasteiger partial charge >= 0.3 is 0 Å². The van der Waals surface area contributed by atoms with Crippen molar-refractivity contribution >= 4 is 23.4 Å². The Labute approximate surface area is 184 Å². The molecule has 0 saturated carbocycles. The van der Waals surface area contributed by atoms with Crippen molar-refractivity contribution in [1.82, 2.24) is 10.2 Å². The highest BCUT2D eigenvalue weighted by molar-refractivity contribution is 6.30. The van der Waals surface area contributed by atoms with Crippen LogP contribution in [0.3, 0.4) is 0 Å². The Kier molecular flexibility index (Phi) is 8.30. The molecule has 0 bridgehead atoms. The van der Waals surface area contributed by atoms with Gasteiger partial charge in [-0.15, -0.1) is 0 Å². The molecule has 0 aromatic heterocycles. The number of nitrogens with zero attached hydrogens (tertiary/aromatic N) is 1. The first kappa shape index (κ1) is 23.7. The number of carbonyl (C=O) groups excluding carboxylic acids is 2. The Morgan fingerprint density at radius 3 is 2.33 bits per heavy atom. The minimum absolute atomic E-state index is 0.154. The Morgan fingerprint density at radius 1 is 1.10 bits per heavy atom. The van der Waals surface area contributed by atoms with Crippen LogP contribution in [0.4, 0.5) is 0 Å². The van der Waals surface area contributed by atoms with E-state index in [1.54, 1.807) is 19.1 Å². The number of hydrogen-bond donors (Lipinski definition) is 1. The van der Waals surface area contributed by atoms with Crippen molar-refractivity contribution in [2.45, 2.75) is 59.2 Å². The van der Waals surface area contributed by atoms with Crippen molar-refractivity contribution in [3.05, 3.63) is 64.7 Å². The minimum Gasteiger partial charge on any atom is -0.484 e. The minimum atomic E-state index is -0.665. The first-order valence-electron chi connectivity index (χ1n) is 10.2. The summed E-state index contributed by atoms with van der Waals surface area (Å²) < 4.78 is 5.69. The third-order valence-corrected chi connectivity index (χ3v) is 4.84. The molecule has 2 aromatic carbocycles. The summed E-state index contributed by atoms with van der Waals surface area (Å²) >= 11 is 6.10. The van der Waals surface area contributed by atoms with Gasteiger partial charge in [0.2, 0.25) is 5.91 Å². The zero-order valence-corrected chi connectivity index (χ0v) is 19.1. The molecule has 1 atom stereocenters. The highest BCUT2D eigenvalue weighted by Gasteiger charge is 2.28. The lowest BCUT2D eigenvalue weighted by Gasteiger charge is -2.31. The summed E-state index contributed by atoms with van der Waals surface area (Å²) in [6.07, 6.45) is 0.938. The number of amides is 2. The van der Waals surface area contributed by atoms with Crippen LogP contribution in [0.1, 0.15) is 45.7 Å². The van der Waals surface area contributed by atoms with Crippen LogP contribution < -0.4 is 10.1 Å². The lowest BCUT2D eigenvalue weighted by molar-refractivity contribution is -0.142. The molecule has 0 unspecified atom stereocenters. The van der Waals surface area contributed by atoms with E-state index in [1.807, 2.05) is 57.2 Å². The molecule has 0 aliphatic carbocycles. The molecule has 0 aliphatic rings. The summed E-state index contributed by atoms with van der Waals surface area (Å²) in [7, 11) is 0. The quantitative estimate of drug-likeness (QED) is 0.665. The predicted octanol–water partition coefficient (Wildman–Crippen LogP) is 4.61. The molecule has 0 spiro atoms. The van der Waals surface area contributed by atoms with Crippen molar-refractivity contribution in [3.63, 3.8) is 0 Å². The van der Waals surface area contributed by atoms with Gasteiger partial charge in [0, 0.05) is 17.1 Å². The molecule has 0 fully saturated rings. The molecule has 6 heteroatoms. The molecule has 0 radical (unpaired) electrons. The van der Waals surface area contributed by atoms with Gasteiger partial charge in [-0.3, -0.25) is 9.59 Å². The first-order valence-corrected chi connectivity index (χ1v) is 10.5. The fourth-order valence-electron chi connectivity index (χ4n) is 2.94. The number of rotatable bonds is 8. The van der Waals surface area contributed by atoms with Gasteiger partial charge in [-0.25, -0.2) is 0 Å². The summed E-state index contributed by atoms with van der Waals surface area (Å²) in [5, 5.41) is 3.52. The summed E-state index contributed by atoms with van der Waals surface area (Å²) in [6, 6.07) is 14.3. The van der Waals surface area contributed by atoms with E-state index in [0.29, 0.717) is 10.8 Å². The molecule has 30 heavy (non-hydrogen) atoms. The van der Waals surface area contributed by atoms with E-state index >= 15 is 0 Å². The largest absolute Gasteiger partial charge is 0.484 e. The van der Waals surface area contributed by atoms with E-state index in [9.17, 15) is 9.59 Å². The van der Waals surface area contributed by atoms with E-state index < -0.39 is 11.6 Å². The highest BCUT2D eigenvalue weighted by atomic mass is 35.5. The second-order valence-corrected chi connectivity index (χ2v) is 8.79. The number of benzene rings is 2. The number of carbonyl (C=O) groups is 2. The van der Waals surface area contributed by atoms with Crippen LogP contribution in [-0.2, 0) is 22.6 Å². The fraction of sp³-hybridized carbons (Fsp3) is 0.417. The standard InChI is InChI=1S/C24H31ClN2O3/c1-6-18-10-12-21(13-11-18)30-16-22(28)27(15-19-8-7-9-20(25)14-19)17(2)23(29)26-24(3,4)5/h7-14,17H,6,15-16H2,1-5H3,(H,26,29)/t17-/m1/s1. The number of aryl methyl sites for hydroxylation is 1. The number of ether oxygens (including phenoxy) is 1. The van der Waals surface area contributed by atoms with Crippen molar-refractivity contribution in [2.24, 2.45) is 0 Å². The van der Waals surface area contributed by atoms with E-state index in [-0.39, 0.29) is 25.0 Å². The van der Waals surface area contributed by atoms with Gasteiger partial charge in [0.1, 0.15) is 11.8 Å². The van der Waals surface area contributed by atoms with E-state index in [4.69, 9.17) is 16.3 Å².